The second-order valence-corrected chi connectivity index (χ2v) is 5.26. The van der Waals surface area contributed by atoms with Gasteiger partial charge >= 0.3 is 5.97 Å². The van der Waals surface area contributed by atoms with E-state index in [-0.39, 0.29) is 12.5 Å². The number of carbonyl (C=O) groups excluding carboxylic acids is 2. The molecule has 1 aromatic carbocycles. The highest BCUT2D eigenvalue weighted by Gasteiger charge is 2.29. The topological polar surface area (TPSA) is 62.4 Å². The van der Waals surface area contributed by atoms with Crippen molar-refractivity contribution in [3.63, 3.8) is 0 Å². The summed E-state index contributed by atoms with van der Waals surface area (Å²) in [7, 11) is 0. The minimum Gasteiger partial charge on any atom is -0.464 e. The number of carbonyl (C=O) groups is 2. The normalized spacial score (nSPS) is 11.6. The van der Waals surface area contributed by atoms with Gasteiger partial charge in [0.2, 0.25) is 0 Å². The van der Waals surface area contributed by atoms with Crippen LogP contribution in [-0.4, -0.2) is 29.5 Å². The lowest BCUT2D eigenvalue weighted by Gasteiger charge is -2.28. The van der Waals surface area contributed by atoms with Crippen LogP contribution in [0.2, 0.25) is 0 Å². The second kappa shape index (κ2) is 7.69. The molecule has 0 unspecified atom stereocenters. The molecule has 0 radical (unpaired) electrons. The number of aromatic nitrogens is 1. The van der Waals surface area contributed by atoms with Crippen LogP contribution in [-0.2, 0) is 9.53 Å². The standard InChI is InChI=1S/C17H18N2O3S/c1-3-22-17(21)12(2)19(13-8-5-4-6-9-13)16(20)14-10-7-11-18-15(14)23/h4-12H,3H2,1-2H3,(H,18,23)/t12-/m0/s1. The molecule has 120 valence electrons. The Morgan fingerprint density at radius 1 is 1.22 bits per heavy atom. The number of benzene rings is 1. The number of esters is 1. The monoisotopic (exact) mass is 330 g/mol. The number of pyridine rings is 1. The quantitative estimate of drug-likeness (QED) is 0.674. The summed E-state index contributed by atoms with van der Waals surface area (Å²) in [5, 5.41) is 0. The van der Waals surface area contributed by atoms with Gasteiger partial charge in [-0.1, -0.05) is 30.4 Å². The number of para-hydroxylation sites is 1. The summed E-state index contributed by atoms with van der Waals surface area (Å²) < 4.78 is 5.38. The molecule has 0 aliphatic heterocycles. The van der Waals surface area contributed by atoms with E-state index in [1.165, 1.54) is 4.90 Å². The molecule has 1 amide bonds. The second-order valence-electron chi connectivity index (χ2n) is 4.85. The van der Waals surface area contributed by atoms with E-state index in [1.807, 2.05) is 6.07 Å². The maximum Gasteiger partial charge on any atom is 0.328 e. The van der Waals surface area contributed by atoms with Crippen LogP contribution in [0.4, 0.5) is 5.69 Å². The smallest absolute Gasteiger partial charge is 0.328 e. The van der Waals surface area contributed by atoms with E-state index < -0.39 is 12.0 Å². The third-order valence-electron chi connectivity index (χ3n) is 3.32. The van der Waals surface area contributed by atoms with Crippen molar-refractivity contribution < 1.29 is 14.3 Å². The minimum atomic E-state index is -0.764. The number of nitrogens with one attached hydrogen (secondary N) is 1. The summed E-state index contributed by atoms with van der Waals surface area (Å²) in [6, 6.07) is 11.6. The maximum atomic E-state index is 12.9. The molecular weight excluding hydrogens is 312 g/mol. The minimum absolute atomic E-state index is 0.255. The molecular formula is C17H18N2O3S. The van der Waals surface area contributed by atoms with Gasteiger partial charge in [0.1, 0.15) is 10.7 Å². The molecule has 0 saturated carbocycles. The van der Waals surface area contributed by atoms with E-state index in [0.717, 1.165) is 0 Å². The Morgan fingerprint density at radius 3 is 2.52 bits per heavy atom. The molecule has 0 aliphatic rings. The van der Waals surface area contributed by atoms with Crippen LogP contribution in [0.1, 0.15) is 24.2 Å². The van der Waals surface area contributed by atoms with E-state index in [4.69, 9.17) is 17.0 Å². The molecule has 1 N–H and O–H groups in total. The summed E-state index contributed by atoms with van der Waals surface area (Å²) >= 11 is 5.18. The number of anilines is 1. The van der Waals surface area contributed by atoms with Gasteiger partial charge in [-0.05, 0) is 38.1 Å². The van der Waals surface area contributed by atoms with Gasteiger partial charge in [0, 0.05) is 11.9 Å². The van der Waals surface area contributed by atoms with Crippen LogP contribution in [0.15, 0.2) is 48.7 Å². The highest BCUT2D eigenvalue weighted by atomic mass is 32.1. The number of rotatable bonds is 5. The number of hydrogen-bond donors (Lipinski definition) is 1. The zero-order valence-corrected chi connectivity index (χ0v) is 13.8. The number of amides is 1. The SMILES string of the molecule is CCOC(=O)[C@H](C)N(C(=O)c1ccc[nH]c1=S)c1ccccc1. The zero-order chi connectivity index (χ0) is 16.8. The van der Waals surface area contributed by atoms with Crippen molar-refractivity contribution in [3.05, 3.63) is 58.9 Å². The highest BCUT2D eigenvalue weighted by molar-refractivity contribution is 7.71. The third kappa shape index (κ3) is 3.84. The predicted molar refractivity (Wildman–Crippen MR) is 91.0 cm³/mol. The number of ether oxygens (including phenoxy) is 1. The predicted octanol–water partition coefficient (Wildman–Crippen LogP) is 3.34. The fourth-order valence-electron chi connectivity index (χ4n) is 2.19. The molecule has 1 atom stereocenters. The lowest BCUT2D eigenvalue weighted by Crippen LogP contribution is -2.44. The number of nitrogens with zero attached hydrogens (tertiary/aromatic N) is 1. The first-order valence-electron chi connectivity index (χ1n) is 7.29. The first-order chi connectivity index (χ1) is 11.1. The largest absolute Gasteiger partial charge is 0.464 e. The van der Waals surface area contributed by atoms with Crippen LogP contribution < -0.4 is 4.90 Å². The zero-order valence-electron chi connectivity index (χ0n) is 13.0. The molecule has 6 heteroatoms. The van der Waals surface area contributed by atoms with Crippen molar-refractivity contribution in [2.75, 3.05) is 11.5 Å². The number of H-pyrrole nitrogens is 1. The van der Waals surface area contributed by atoms with Crippen molar-refractivity contribution >= 4 is 29.8 Å². The molecule has 2 rings (SSSR count). The molecule has 5 nitrogen and oxygen atoms in total. The van der Waals surface area contributed by atoms with Crippen LogP contribution in [0.3, 0.4) is 0 Å². The van der Waals surface area contributed by atoms with Crippen molar-refractivity contribution in [1.29, 1.82) is 0 Å². The maximum absolute atomic E-state index is 12.9. The van der Waals surface area contributed by atoms with Crippen molar-refractivity contribution in [1.82, 2.24) is 4.98 Å². The van der Waals surface area contributed by atoms with Gasteiger partial charge in [0.25, 0.3) is 5.91 Å². The van der Waals surface area contributed by atoms with E-state index in [9.17, 15) is 9.59 Å². The summed E-state index contributed by atoms with van der Waals surface area (Å²) in [4.78, 5) is 29.3. The molecule has 1 aromatic heterocycles. The molecule has 2 aromatic rings. The van der Waals surface area contributed by atoms with E-state index in [1.54, 1.807) is 56.4 Å². The average molecular weight is 330 g/mol. The van der Waals surface area contributed by atoms with Gasteiger partial charge in [-0.25, -0.2) is 4.79 Å². The van der Waals surface area contributed by atoms with Gasteiger partial charge in [0.05, 0.1) is 12.2 Å². The lowest BCUT2D eigenvalue weighted by atomic mass is 10.1. The fourth-order valence-corrected chi connectivity index (χ4v) is 2.42. The Balaban J connectivity index is 2.46. The molecule has 23 heavy (non-hydrogen) atoms. The molecule has 0 aliphatic carbocycles. The Labute approximate surface area is 139 Å². The summed E-state index contributed by atoms with van der Waals surface area (Å²) in [6.07, 6.45) is 1.65. The average Bonchev–Trinajstić information content (AvgIpc) is 2.56. The molecule has 1 heterocycles. The Bertz CT molecular complexity index is 743. The Hall–Kier alpha value is -2.47. The van der Waals surface area contributed by atoms with Crippen molar-refractivity contribution in [2.45, 2.75) is 19.9 Å². The molecule has 0 bridgehead atoms. The van der Waals surface area contributed by atoms with Crippen LogP contribution >= 0.6 is 12.2 Å². The number of aromatic amines is 1. The Morgan fingerprint density at radius 2 is 1.91 bits per heavy atom. The van der Waals surface area contributed by atoms with E-state index >= 15 is 0 Å². The highest BCUT2D eigenvalue weighted by Crippen LogP contribution is 2.21. The molecule has 0 spiro atoms. The fraction of sp³-hybridized carbons (Fsp3) is 0.235. The number of hydrogen-bond acceptors (Lipinski definition) is 4. The van der Waals surface area contributed by atoms with Crippen molar-refractivity contribution in [3.8, 4) is 0 Å². The van der Waals surface area contributed by atoms with E-state index in [0.29, 0.717) is 15.9 Å². The van der Waals surface area contributed by atoms with Crippen LogP contribution in [0, 0.1) is 4.64 Å². The molecule has 0 saturated heterocycles. The summed E-state index contributed by atoms with van der Waals surface area (Å²) in [5.74, 6) is -0.811. The van der Waals surface area contributed by atoms with Gasteiger partial charge in [0.15, 0.2) is 0 Å². The lowest BCUT2D eigenvalue weighted by molar-refractivity contribution is -0.144. The van der Waals surface area contributed by atoms with Gasteiger partial charge in [-0.15, -0.1) is 0 Å². The first-order valence-corrected chi connectivity index (χ1v) is 7.70. The van der Waals surface area contributed by atoms with Gasteiger partial charge in [-0.2, -0.15) is 0 Å². The van der Waals surface area contributed by atoms with Crippen LogP contribution in [0.5, 0.6) is 0 Å². The van der Waals surface area contributed by atoms with Crippen molar-refractivity contribution in [2.24, 2.45) is 0 Å². The van der Waals surface area contributed by atoms with Crippen LogP contribution in [0.25, 0.3) is 0 Å². The van der Waals surface area contributed by atoms with Gasteiger partial charge in [-0.3, -0.25) is 9.69 Å². The Kier molecular flexibility index (Phi) is 5.65. The van der Waals surface area contributed by atoms with E-state index in [2.05, 4.69) is 4.98 Å². The summed E-state index contributed by atoms with van der Waals surface area (Å²) in [6.45, 7) is 3.62. The third-order valence-corrected chi connectivity index (χ3v) is 3.65. The summed E-state index contributed by atoms with van der Waals surface area (Å²) in [5.41, 5.74) is 0.943. The van der Waals surface area contributed by atoms with Gasteiger partial charge < -0.3 is 9.72 Å². The first kappa shape index (κ1) is 16.9. The molecule has 0 fully saturated rings.